The molecule has 268 valence electrons. The van der Waals surface area contributed by atoms with Crippen LogP contribution in [0.3, 0.4) is 0 Å². The van der Waals surface area contributed by atoms with E-state index in [1.165, 1.54) is 6.08 Å². The smallest absolute Gasteiger partial charge is 0.414 e. The van der Waals surface area contributed by atoms with E-state index in [0.717, 1.165) is 0 Å². The molecule has 1 aliphatic heterocycles. The van der Waals surface area contributed by atoms with E-state index in [4.69, 9.17) is 27.7 Å². The fourth-order valence-corrected chi connectivity index (χ4v) is 7.87. The Morgan fingerprint density at radius 1 is 1.10 bits per heavy atom. The Balaban J connectivity index is 2.19. The van der Waals surface area contributed by atoms with E-state index in [-0.39, 0.29) is 55.4 Å². The maximum atomic E-state index is 12.4. The third-order valence-corrected chi connectivity index (χ3v) is 14.6. The number of carbonyl (C=O) groups excluding carboxylic acids is 1. The van der Waals surface area contributed by atoms with Crippen molar-refractivity contribution in [2.24, 2.45) is 0 Å². The van der Waals surface area contributed by atoms with E-state index in [0.29, 0.717) is 11.2 Å². The molecule has 1 amide bonds. The molecule has 0 radical (unpaired) electrons. The number of nitrogens with one attached hydrogen (secondary N) is 1. The van der Waals surface area contributed by atoms with E-state index in [2.05, 4.69) is 106 Å². The second-order valence-corrected chi connectivity index (χ2v) is 19.5. The van der Waals surface area contributed by atoms with Crippen molar-refractivity contribution in [1.82, 2.24) is 24.2 Å². The van der Waals surface area contributed by atoms with Crippen LogP contribution in [0.2, 0.25) is 18.1 Å². The third-order valence-electron chi connectivity index (χ3n) is 8.01. The maximum absolute atomic E-state index is 12.4. The molecule has 2 N–H and O–H groups in total. The van der Waals surface area contributed by atoms with Gasteiger partial charge in [0.15, 0.2) is 25.7 Å². The van der Waals surface area contributed by atoms with Gasteiger partial charge in [0.1, 0.15) is 31.5 Å². The third kappa shape index (κ3) is 9.48. The van der Waals surface area contributed by atoms with Crippen LogP contribution in [0, 0.1) is 0 Å². The average Bonchev–Trinajstić information content (AvgIpc) is 3.57. The lowest BCUT2D eigenvalue weighted by Crippen LogP contribution is -2.49. The van der Waals surface area contributed by atoms with E-state index in [9.17, 15) is 9.90 Å². The molecule has 48 heavy (non-hydrogen) atoms. The first-order chi connectivity index (χ1) is 22.6. The van der Waals surface area contributed by atoms with Gasteiger partial charge in [0.2, 0.25) is 11.8 Å². The first kappa shape index (κ1) is 39.7. The Labute approximate surface area is 286 Å². The summed E-state index contributed by atoms with van der Waals surface area (Å²) in [7, 11) is -4.12. The number of nitrogens with zero attached hydrogens (tertiary/aromatic N) is 5. The molecule has 1 fully saturated rings. The van der Waals surface area contributed by atoms with Gasteiger partial charge in [0.25, 0.3) is 8.53 Å². The Kier molecular flexibility index (Phi) is 14.3. The van der Waals surface area contributed by atoms with E-state index < -0.39 is 47.5 Å². The minimum Gasteiger partial charge on any atom is -0.472 e. The fourth-order valence-electron chi connectivity index (χ4n) is 4.83. The van der Waals surface area contributed by atoms with Gasteiger partial charge < -0.3 is 32.8 Å². The van der Waals surface area contributed by atoms with Crippen molar-refractivity contribution in [3.63, 3.8) is 0 Å². The van der Waals surface area contributed by atoms with Gasteiger partial charge in [-0.3, -0.25) is 9.88 Å². The van der Waals surface area contributed by atoms with Crippen molar-refractivity contribution in [3.05, 3.63) is 44.3 Å². The molecular weight excluding hydrogens is 655 g/mol. The molecular formula is C32H53N6O8PSi. The number of carbonyl (C=O) groups is 1. The minimum absolute atomic E-state index is 0.00224. The predicted octanol–water partition coefficient (Wildman–Crippen LogP) is 6.34. The van der Waals surface area contributed by atoms with Crippen LogP contribution in [-0.4, -0.2) is 101 Å². The summed E-state index contributed by atoms with van der Waals surface area (Å²) < 4.78 is 41.5. The van der Waals surface area contributed by atoms with Gasteiger partial charge in [-0.2, -0.15) is 9.97 Å². The number of aliphatic hydroxyl groups excluding tert-OH is 1. The van der Waals surface area contributed by atoms with Crippen molar-refractivity contribution < 1.29 is 37.6 Å². The lowest BCUT2D eigenvalue weighted by molar-refractivity contribution is -0.0490. The number of aliphatic hydroxyl groups is 1. The Hall–Kier alpha value is -2.75. The molecule has 0 bridgehead atoms. The van der Waals surface area contributed by atoms with Gasteiger partial charge in [-0.15, -0.1) is 6.58 Å². The number of fused-ring (bicyclic) bond motifs is 1. The monoisotopic (exact) mass is 708 g/mol. The van der Waals surface area contributed by atoms with E-state index in [1.807, 2.05) is 0 Å². The molecule has 0 spiro atoms. The van der Waals surface area contributed by atoms with Crippen molar-refractivity contribution >= 4 is 40.0 Å². The van der Waals surface area contributed by atoms with Crippen LogP contribution in [-0.2, 0) is 22.9 Å². The second kappa shape index (κ2) is 17.3. The van der Waals surface area contributed by atoms with Crippen molar-refractivity contribution in [3.8, 4) is 5.88 Å². The van der Waals surface area contributed by atoms with Crippen molar-refractivity contribution in [2.75, 3.05) is 31.7 Å². The molecule has 16 heteroatoms. The van der Waals surface area contributed by atoms with Gasteiger partial charge in [0, 0.05) is 12.1 Å². The van der Waals surface area contributed by atoms with Gasteiger partial charge in [-0.1, -0.05) is 52.2 Å². The molecule has 3 heterocycles. The summed E-state index contributed by atoms with van der Waals surface area (Å²) >= 11 is 0. The highest BCUT2D eigenvalue weighted by Gasteiger charge is 2.53. The number of anilines is 1. The highest BCUT2D eigenvalue weighted by Crippen LogP contribution is 2.52. The Morgan fingerprint density at radius 3 is 2.31 bits per heavy atom. The van der Waals surface area contributed by atoms with Gasteiger partial charge in [-0.25, -0.2) is 14.4 Å². The van der Waals surface area contributed by atoms with E-state index >= 15 is 0 Å². The number of ether oxygens (including phenoxy) is 3. The average molecular weight is 709 g/mol. The highest BCUT2D eigenvalue weighted by atomic mass is 31.2. The predicted molar refractivity (Wildman–Crippen MR) is 189 cm³/mol. The number of hydrogen-bond acceptors (Lipinski definition) is 12. The number of imidazole rings is 1. The molecule has 1 saturated heterocycles. The van der Waals surface area contributed by atoms with Crippen LogP contribution in [0.1, 0.15) is 54.7 Å². The van der Waals surface area contributed by atoms with Gasteiger partial charge in [0.05, 0.1) is 19.5 Å². The summed E-state index contributed by atoms with van der Waals surface area (Å²) in [6.07, 6.45) is 2.37. The first-order valence-corrected chi connectivity index (χ1v) is 20.1. The second-order valence-electron chi connectivity index (χ2n) is 13.3. The van der Waals surface area contributed by atoms with Crippen LogP contribution in [0.4, 0.5) is 10.7 Å². The van der Waals surface area contributed by atoms with Crippen LogP contribution in [0.5, 0.6) is 5.88 Å². The summed E-state index contributed by atoms with van der Waals surface area (Å²) in [6.45, 7) is 30.2. The summed E-state index contributed by atoms with van der Waals surface area (Å²) in [4.78, 5) is 26.0. The highest BCUT2D eigenvalue weighted by molar-refractivity contribution is 7.44. The zero-order chi connectivity index (χ0) is 35.8. The molecule has 0 saturated carbocycles. The molecule has 1 unspecified atom stereocenters. The van der Waals surface area contributed by atoms with Crippen molar-refractivity contribution in [1.29, 1.82) is 0 Å². The fraction of sp³-hybridized carbons (Fsp3) is 0.625. The first-order valence-electron chi connectivity index (χ1n) is 16.1. The van der Waals surface area contributed by atoms with Crippen LogP contribution in [0.15, 0.2) is 44.3 Å². The van der Waals surface area contributed by atoms with Gasteiger partial charge in [-0.05, 0) is 45.8 Å². The summed E-state index contributed by atoms with van der Waals surface area (Å²) in [6, 6.07) is 0.192. The Morgan fingerprint density at radius 2 is 1.75 bits per heavy atom. The van der Waals surface area contributed by atoms with Gasteiger partial charge >= 0.3 is 6.09 Å². The number of aromatic nitrogens is 4. The largest absolute Gasteiger partial charge is 0.472 e. The normalized spacial score (nSPS) is 20.8. The number of rotatable bonds is 18. The number of hydrogen-bond donors (Lipinski definition) is 2. The lowest BCUT2D eigenvalue weighted by Gasteiger charge is -2.42. The number of amides is 1. The molecule has 14 nitrogen and oxygen atoms in total. The molecule has 1 aliphatic rings. The minimum atomic E-state index is -2.49. The Bertz CT molecular complexity index is 1390. The van der Waals surface area contributed by atoms with Crippen molar-refractivity contribution in [2.45, 2.75) is 103 Å². The van der Waals surface area contributed by atoms with Crippen LogP contribution < -0.4 is 10.1 Å². The molecule has 2 aromatic heterocycles. The summed E-state index contributed by atoms with van der Waals surface area (Å²) in [5.74, 6) is 0.0458. The SMILES string of the molecule is C=CCOC(=O)Nc1nc(OCC=C)c2ncn([C@@H]3O[C@H](CO)[C@@H](OP(OCC=C)N(C(C)C)C(C)C)[C@H]3O[Si](C)(C)C(C)(C)C)c2n1. The van der Waals surface area contributed by atoms with Crippen LogP contribution >= 0.6 is 8.53 Å². The lowest BCUT2D eigenvalue weighted by atomic mass is 10.1. The van der Waals surface area contributed by atoms with Crippen LogP contribution in [0.25, 0.3) is 11.2 Å². The summed E-state index contributed by atoms with van der Waals surface area (Å²) in [5, 5.41) is 13.0. The topological polar surface area (TPSA) is 152 Å². The molecule has 5 atom stereocenters. The molecule has 3 rings (SSSR count). The zero-order valence-electron chi connectivity index (χ0n) is 29.7. The molecule has 2 aromatic rings. The molecule has 0 aliphatic carbocycles. The molecule has 0 aromatic carbocycles. The summed E-state index contributed by atoms with van der Waals surface area (Å²) in [5.41, 5.74) is 0.620. The quantitative estimate of drug-likeness (QED) is 0.101. The van der Waals surface area contributed by atoms with E-state index in [1.54, 1.807) is 23.0 Å². The zero-order valence-corrected chi connectivity index (χ0v) is 31.6. The standard InChI is InChI=1S/C32H53N6O8PSi/c1-13-16-41-28-24-27(34-30(35-28)36-31(40)42-17-14-2)37(20-33-24)29-26(46-48(11,12)32(8,9)10)25(23(19-39)44-29)45-47(43-18-15-3)38(21(4)5)22(6)7/h13-15,20-23,25-26,29,39H,1-3,16-19H2,4-12H3,(H,34,35,36,40)/t23-,25-,26-,29-,47?/m1/s1. The maximum Gasteiger partial charge on any atom is 0.414 e.